The van der Waals surface area contributed by atoms with Crippen molar-refractivity contribution in [3.05, 3.63) is 65.4 Å². The maximum Gasteiger partial charge on any atom is 0.226 e. The van der Waals surface area contributed by atoms with Gasteiger partial charge in [-0.05, 0) is 42.5 Å². The zero-order valence-corrected chi connectivity index (χ0v) is 16.4. The van der Waals surface area contributed by atoms with Crippen LogP contribution in [0.25, 0.3) is 10.9 Å². The minimum atomic E-state index is 0.0100. The Bertz CT molecular complexity index is 948. The Morgan fingerprint density at radius 3 is 2.82 bits per heavy atom. The van der Waals surface area contributed by atoms with E-state index in [1.54, 1.807) is 0 Å². The highest BCUT2D eigenvalue weighted by Gasteiger charge is 2.17. The zero-order chi connectivity index (χ0) is 19.3. The van der Waals surface area contributed by atoms with Gasteiger partial charge in [0, 0.05) is 25.0 Å². The molecule has 146 valence electrons. The van der Waals surface area contributed by atoms with E-state index in [1.165, 1.54) is 24.0 Å². The van der Waals surface area contributed by atoms with Crippen LogP contribution in [0.4, 0.5) is 0 Å². The topological polar surface area (TPSA) is 61.0 Å². The van der Waals surface area contributed by atoms with Gasteiger partial charge in [0.05, 0.1) is 17.6 Å². The Morgan fingerprint density at radius 2 is 1.96 bits per heavy atom. The summed E-state index contributed by atoms with van der Waals surface area (Å²) in [6.45, 7) is 6.18. The number of nitrogens with one attached hydrogen (secondary N) is 2. The molecule has 1 amide bonds. The second-order valence-corrected chi connectivity index (χ2v) is 7.92. The first kappa shape index (κ1) is 18.7. The SMILES string of the molecule is C[C@H]1CCCN(Cc2ccccc2CNC(=O)Cc2[nH]nc3ccccc23)C1. The lowest BCUT2D eigenvalue weighted by Crippen LogP contribution is -2.34. The standard InChI is InChI=1S/C23H28N4O/c1-17-7-6-12-27(15-17)16-19-9-3-2-8-18(19)14-24-23(28)13-22-20-10-4-5-11-21(20)25-26-22/h2-5,8-11,17H,6-7,12-16H2,1H3,(H,24,28)(H,25,26)/t17-/m0/s1. The number of aromatic amines is 1. The Kier molecular flexibility index (Phi) is 5.72. The number of nitrogens with zero attached hydrogens (tertiary/aromatic N) is 2. The number of H-pyrrole nitrogens is 1. The predicted molar refractivity (Wildman–Crippen MR) is 112 cm³/mol. The summed E-state index contributed by atoms with van der Waals surface area (Å²) in [6.07, 6.45) is 2.92. The first-order valence-corrected chi connectivity index (χ1v) is 10.2. The largest absolute Gasteiger partial charge is 0.352 e. The van der Waals surface area contributed by atoms with Crippen LogP contribution >= 0.6 is 0 Å². The summed E-state index contributed by atoms with van der Waals surface area (Å²) in [5.74, 6) is 0.778. The fourth-order valence-corrected chi connectivity index (χ4v) is 4.12. The van der Waals surface area contributed by atoms with E-state index in [0.29, 0.717) is 13.0 Å². The van der Waals surface area contributed by atoms with Gasteiger partial charge in [0.15, 0.2) is 0 Å². The third kappa shape index (κ3) is 4.42. The van der Waals surface area contributed by atoms with Crippen LogP contribution in [0.15, 0.2) is 48.5 Å². The number of hydrogen-bond acceptors (Lipinski definition) is 3. The molecule has 28 heavy (non-hydrogen) atoms. The minimum absolute atomic E-state index is 0.0100. The van der Waals surface area contributed by atoms with Gasteiger partial charge in [-0.1, -0.05) is 49.4 Å². The van der Waals surface area contributed by atoms with Gasteiger partial charge in [0.25, 0.3) is 0 Å². The van der Waals surface area contributed by atoms with Gasteiger partial charge in [0.1, 0.15) is 0 Å². The average Bonchev–Trinajstić information content (AvgIpc) is 3.10. The van der Waals surface area contributed by atoms with Gasteiger partial charge < -0.3 is 5.32 Å². The second-order valence-electron chi connectivity index (χ2n) is 7.92. The smallest absolute Gasteiger partial charge is 0.226 e. The van der Waals surface area contributed by atoms with E-state index in [-0.39, 0.29) is 5.91 Å². The van der Waals surface area contributed by atoms with Crippen LogP contribution in [-0.2, 0) is 24.3 Å². The molecule has 2 N–H and O–H groups in total. The zero-order valence-electron chi connectivity index (χ0n) is 16.4. The van der Waals surface area contributed by atoms with Crippen LogP contribution in [0.2, 0.25) is 0 Å². The summed E-state index contributed by atoms with van der Waals surface area (Å²) in [5, 5.41) is 11.4. The fraction of sp³-hybridized carbons (Fsp3) is 0.391. The summed E-state index contributed by atoms with van der Waals surface area (Å²) < 4.78 is 0. The van der Waals surface area contributed by atoms with Crippen LogP contribution in [0.3, 0.4) is 0 Å². The third-order valence-electron chi connectivity index (χ3n) is 5.61. The Balaban J connectivity index is 1.37. The molecule has 2 aromatic carbocycles. The first-order valence-electron chi connectivity index (χ1n) is 10.2. The molecule has 5 nitrogen and oxygen atoms in total. The molecule has 2 heterocycles. The van der Waals surface area contributed by atoms with Crippen molar-refractivity contribution in [2.24, 2.45) is 5.92 Å². The quantitative estimate of drug-likeness (QED) is 0.690. The number of fused-ring (bicyclic) bond motifs is 1. The summed E-state index contributed by atoms with van der Waals surface area (Å²) >= 11 is 0. The molecule has 1 fully saturated rings. The van der Waals surface area contributed by atoms with E-state index in [4.69, 9.17) is 0 Å². The lowest BCUT2D eigenvalue weighted by Gasteiger charge is -2.31. The lowest BCUT2D eigenvalue weighted by atomic mass is 9.99. The van der Waals surface area contributed by atoms with Crippen molar-refractivity contribution in [1.29, 1.82) is 0 Å². The van der Waals surface area contributed by atoms with Crippen LogP contribution < -0.4 is 5.32 Å². The Labute approximate surface area is 166 Å². The second kappa shape index (κ2) is 8.57. The molecule has 0 unspecified atom stereocenters. The summed E-state index contributed by atoms with van der Waals surface area (Å²) in [4.78, 5) is 15.0. The highest BCUT2D eigenvalue weighted by atomic mass is 16.1. The Hall–Kier alpha value is -2.66. The number of piperidine rings is 1. The Morgan fingerprint density at radius 1 is 1.18 bits per heavy atom. The van der Waals surface area contributed by atoms with E-state index in [0.717, 1.165) is 42.1 Å². The maximum absolute atomic E-state index is 12.5. The van der Waals surface area contributed by atoms with Gasteiger partial charge in [-0.15, -0.1) is 0 Å². The van der Waals surface area contributed by atoms with E-state index >= 15 is 0 Å². The third-order valence-corrected chi connectivity index (χ3v) is 5.61. The number of benzene rings is 2. The van der Waals surface area contributed by atoms with E-state index in [1.807, 2.05) is 30.3 Å². The summed E-state index contributed by atoms with van der Waals surface area (Å²) in [5.41, 5.74) is 4.27. The molecule has 0 aliphatic carbocycles. The normalized spacial score (nSPS) is 17.7. The molecule has 4 rings (SSSR count). The molecule has 5 heteroatoms. The predicted octanol–water partition coefficient (Wildman–Crippen LogP) is 3.65. The summed E-state index contributed by atoms with van der Waals surface area (Å²) in [7, 11) is 0. The van der Waals surface area contributed by atoms with Gasteiger partial charge in [-0.25, -0.2) is 0 Å². The van der Waals surface area contributed by atoms with Gasteiger partial charge in [-0.3, -0.25) is 14.8 Å². The fourth-order valence-electron chi connectivity index (χ4n) is 4.12. The maximum atomic E-state index is 12.5. The van der Waals surface area contributed by atoms with E-state index < -0.39 is 0 Å². The molecule has 1 aliphatic heterocycles. The van der Waals surface area contributed by atoms with Crippen molar-refractivity contribution in [2.45, 2.75) is 39.3 Å². The van der Waals surface area contributed by atoms with Crippen molar-refractivity contribution in [2.75, 3.05) is 13.1 Å². The number of aromatic nitrogens is 2. The summed E-state index contributed by atoms with van der Waals surface area (Å²) in [6, 6.07) is 16.3. The van der Waals surface area contributed by atoms with Crippen molar-refractivity contribution in [3.63, 3.8) is 0 Å². The molecule has 0 bridgehead atoms. The number of hydrogen-bond donors (Lipinski definition) is 2. The van der Waals surface area contributed by atoms with Crippen molar-refractivity contribution >= 4 is 16.8 Å². The molecule has 0 saturated carbocycles. The van der Waals surface area contributed by atoms with Crippen LogP contribution in [0, 0.1) is 5.92 Å². The molecular weight excluding hydrogens is 348 g/mol. The number of likely N-dealkylation sites (tertiary alicyclic amines) is 1. The van der Waals surface area contributed by atoms with Crippen molar-refractivity contribution < 1.29 is 4.79 Å². The first-order chi connectivity index (χ1) is 13.7. The van der Waals surface area contributed by atoms with E-state index in [2.05, 4.69) is 45.5 Å². The minimum Gasteiger partial charge on any atom is -0.352 e. The van der Waals surface area contributed by atoms with Crippen LogP contribution in [0.5, 0.6) is 0 Å². The molecular formula is C23H28N4O. The molecule has 3 aromatic rings. The van der Waals surface area contributed by atoms with Crippen molar-refractivity contribution in [3.8, 4) is 0 Å². The number of rotatable bonds is 6. The van der Waals surface area contributed by atoms with Crippen LogP contribution in [-0.4, -0.2) is 34.1 Å². The molecule has 1 saturated heterocycles. The monoisotopic (exact) mass is 376 g/mol. The van der Waals surface area contributed by atoms with Gasteiger partial charge >= 0.3 is 0 Å². The highest BCUT2D eigenvalue weighted by Crippen LogP contribution is 2.20. The average molecular weight is 377 g/mol. The number of para-hydroxylation sites is 1. The number of carbonyl (C=O) groups excluding carboxylic acids is 1. The molecule has 1 aromatic heterocycles. The van der Waals surface area contributed by atoms with Gasteiger partial charge in [-0.2, -0.15) is 5.10 Å². The van der Waals surface area contributed by atoms with Crippen LogP contribution in [0.1, 0.15) is 36.6 Å². The number of amides is 1. The van der Waals surface area contributed by atoms with Gasteiger partial charge in [0.2, 0.25) is 5.91 Å². The highest BCUT2D eigenvalue weighted by molar-refractivity contribution is 5.87. The molecule has 0 spiro atoms. The lowest BCUT2D eigenvalue weighted by molar-refractivity contribution is -0.120. The van der Waals surface area contributed by atoms with E-state index in [9.17, 15) is 4.79 Å². The number of carbonyl (C=O) groups is 1. The van der Waals surface area contributed by atoms with Crippen molar-refractivity contribution in [1.82, 2.24) is 20.4 Å². The molecule has 1 atom stereocenters. The molecule has 0 radical (unpaired) electrons. The molecule has 1 aliphatic rings.